The minimum Gasteiger partial charge on any atom is -0.445 e. The maximum Gasteiger partial charge on any atom is 0.410 e. The van der Waals surface area contributed by atoms with E-state index in [-0.39, 0.29) is 18.2 Å². The number of carbonyl (C=O) groups excluding carboxylic acids is 1. The summed E-state index contributed by atoms with van der Waals surface area (Å²) < 4.78 is 5.37. The number of rotatable bonds is 3. The number of fused-ring (bicyclic) bond motifs is 2. The van der Waals surface area contributed by atoms with Crippen LogP contribution in [0.5, 0.6) is 0 Å². The van der Waals surface area contributed by atoms with E-state index in [1.54, 1.807) is 4.90 Å². The van der Waals surface area contributed by atoms with Crippen molar-refractivity contribution in [3.05, 3.63) is 35.9 Å². The molecule has 1 saturated carbocycles. The van der Waals surface area contributed by atoms with Crippen molar-refractivity contribution < 1.29 is 14.6 Å². The van der Waals surface area contributed by atoms with Gasteiger partial charge < -0.3 is 9.84 Å². The van der Waals surface area contributed by atoms with Gasteiger partial charge in [-0.05, 0) is 30.7 Å². The van der Waals surface area contributed by atoms with Crippen LogP contribution in [0.15, 0.2) is 30.3 Å². The van der Waals surface area contributed by atoms with E-state index in [4.69, 9.17) is 4.74 Å². The van der Waals surface area contributed by atoms with E-state index in [2.05, 4.69) is 0 Å². The van der Waals surface area contributed by atoms with E-state index in [1.165, 1.54) is 0 Å². The van der Waals surface area contributed by atoms with Gasteiger partial charge in [0, 0.05) is 6.54 Å². The molecule has 1 aromatic carbocycles. The molecular weight excluding hydrogens is 242 g/mol. The number of carbonyl (C=O) groups is 1. The van der Waals surface area contributed by atoms with Crippen molar-refractivity contribution in [2.24, 2.45) is 5.92 Å². The molecule has 4 nitrogen and oxygen atoms in total. The van der Waals surface area contributed by atoms with E-state index in [0.29, 0.717) is 12.5 Å². The molecule has 0 aromatic heterocycles. The molecule has 1 aliphatic carbocycles. The molecule has 19 heavy (non-hydrogen) atoms. The zero-order valence-electron chi connectivity index (χ0n) is 10.9. The van der Waals surface area contributed by atoms with Crippen LogP contribution in [0.2, 0.25) is 0 Å². The highest BCUT2D eigenvalue weighted by Crippen LogP contribution is 2.46. The second-order valence-corrected chi connectivity index (χ2v) is 5.64. The second-order valence-electron chi connectivity index (χ2n) is 5.64. The lowest BCUT2D eigenvalue weighted by Gasteiger charge is -2.36. The van der Waals surface area contributed by atoms with Gasteiger partial charge in [-0.25, -0.2) is 4.79 Å². The maximum absolute atomic E-state index is 12.2. The van der Waals surface area contributed by atoms with Crippen LogP contribution in [0, 0.1) is 5.92 Å². The summed E-state index contributed by atoms with van der Waals surface area (Å²) in [7, 11) is 0. The Hall–Kier alpha value is -1.55. The lowest BCUT2D eigenvalue weighted by molar-refractivity contribution is 0.0300. The van der Waals surface area contributed by atoms with E-state index >= 15 is 0 Å². The second kappa shape index (κ2) is 4.85. The summed E-state index contributed by atoms with van der Waals surface area (Å²) in [6.45, 7) is 1.07. The number of ether oxygens (including phenoxy) is 1. The number of aliphatic hydroxyl groups excluding tert-OH is 1. The average molecular weight is 261 g/mol. The lowest BCUT2D eigenvalue weighted by Crippen LogP contribution is -2.50. The Kier molecular flexibility index (Phi) is 3.19. The molecule has 1 N–H and O–H groups in total. The number of hydrogen-bond acceptors (Lipinski definition) is 3. The van der Waals surface area contributed by atoms with Crippen LogP contribution in [0.3, 0.4) is 0 Å². The number of piperidine rings is 1. The zero-order chi connectivity index (χ0) is 13.3. The molecule has 1 saturated heterocycles. The van der Waals surface area contributed by atoms with Crippen LogP contribution in [-0.2, 0) is 11.3 Å². The highest BCUT2D eigenvalue weighted by atomic mass is 16.6. The van der Waals surface area contributed by atoms with Crippen molar-refractivity contribution in [2.45, 2.75) is 31.4 Å². The van der Waals surface area contributed by atoms with Gasteiger partial charge in [-0.3, -0.25) is 4.90 Å². The Bertz CT molecular complexity index is 462. The number of aliphatic hydroxyl groups is 1. The van der Waals surface area contributed by atoms with Gasteiger partial charge >= 0.3 is 6.09 Å². The first-order valence-corrected chi connectivity index (χ1v) is 6.83. The topological polar surface area (TPSA) is 49.8 Å². The Morgan fingerprint density at radius 2 is 2.21 bits per heavy atom. The third-order valence-corrected chi connectivity index (χ3v) is 4.42. The number of hydrogen-bond donors (Lipinski definition) is 1. The first-order valence-electron chi connectivity index (χ1n) is 6.83. The van der Waals surface area contributed by atoms with Crippen LogP contribution >= 0.6 is 0 Å². The summed E-state index contributed by atoms with van der Waals surface area (Å²) in [6.07, 6.45) is 2.64. The molecule has 4 heteroatoms. The van der Waals surface area contributed by atoms with Crippen molar-refractivity contribution in [1.82, 2.24) is 4.90 Å². The Balaban J connectivity index is 1.62. The molecule has 2 unspecified atom stereocenters. The third kappa shape index (κ3) is 2.21. The fourth-order valence-corrected chi connectivity index (χ4v) is 3.36. The molecule has 1 amide bonds. The van der Waals surface area contributed by atoms with Gasteiger partial charge in [-0.15, -0.1) is 0 Å². The minimum absolute atomic E-state index is 0.0456. The van der Waals surface area contributed by atoms with E-state index in [0.717, 1.165) is 31.4 Å². The van der Waals surface area contributed by atoms with Gasteiger partial charge in [-0.2, -0.15) is 0 Å². The Morgan fingerprint density at radius 1 is 1.42 bits per heavy atom. The van der Waals surface area contributed by atoms with Gasteiger partial charge in [-0.1, -0.05) is 30.3 Å². The molecule has 0 spiro atoms. The normalized spacial score (nSPS) is 28.7. The number of likely N-dealkylation sites (tertiary alicyclic amines) is 1. The summed E-state index contributed by atoms with van der Waals surface area (Å²) >= 11 is 0. The van der Waals surface area contributed by atoms with Gasteiger partial charge in [0.25, 0.3) is 0 Å². The molecule has 0 radical (unpaired) electrons. The molecule has 102 valence electrons. The molecule has 1 aromatic rings. The number of amides is 1. The van der Waals surface area contributed by atoms with Crippen molar-refractivity contribution in [1.29, 1.82) is 0 Å². The third-order valence-electron chi connectivity index (χ3n) is 4.42. The predicted octanol–water partition coefficient (Wildman–Crippen LogP) is 2.17. The van der Waals surface area contributed by atoms with Gasteiger partial charge in [0.2, 0.25) is 0 Å². The molecule has 2 bridgehead atoms. The highest BCUT2D eigenvalue weighted by molar-refractivity contribution is 5.69. The van der Waals surface area contributed by atoms with Crippen molar-refractivity contribution in [2.75, 3.05) is 13.2 Å². The minimum atomic E-state index is -0.349. The fraction of sp³-hybridized carbons (Fsp3) is 0.533. The summed E-state index contributed by atoms with van der Waals surface area (Å²) in [5.41, 5.74) is 0.636. The van der Waals surface area contributed by atoms with Gasteiger partial charge in [0.05, 0.1) is 12.1 Å². The zero-order valence-corrected chi connectivity index (χ0v) is 10.9. The number of benzene rings is 1. The van der Waals surface area contributed by atoms with Crippen molar-refractivity contribution in [3.63, 3.8) is 0 Å². The quantitative estimate of drug-likeness (QED) is 0.907. The van der Waals surface area contributed by atoms with Crippen molar-refractivity contribution in [3.8, 4) is 0 Å². The Labute approximate surface area is 113 Å². The average Bonchev–Trinajstić information content (AvgIpc) is 3.04. The summed E-state index contributed by atoms with van der Waals surface area (Å²) in [4.78, 5) is 13.9. The van der Waals surface area contributed by atoms with Crippen LogP contribution in [0.4, 0.5) is 4.79 Å². The molecule has 2 aliphatic rings. The van der Waals surface area contributed by atoms with Gasteiger partial charge in [0.15, 0.2) is 0 Å². The first-order chi connectivity index (χ1) is 9.23. The fourth-order valence-electron chi connectivity index (χ4n) is 3.36. The van der Waals surface area contributed by atoms with E-state index in [9.17, 15) is 9.90 Å². The van der Waals surface area contributed by atoms with Crippen LogP contribution in [-0.4, -0.2) is 34.8 Å². The first kappa shape index (κ1) is 12.5. The molecule has 1 aliphatic heterocycles. The van der Waals surface area contributed by atoms with Gasteiger partial charge in [0.1, 0.15) is 6.61 Å². The standard InChI is InChI=1S/C15H19NO3/c17-11-15-7-6-13(8-15)9-16(15)14(18)19-10-12-4-2-1-3-5-12/h1-5,13,17H,6-11H2. The van der Waals surface area contributed by atoms with E-state index in [1.807, 2.05) is 30.3 Å². The van der Waals surface area contributed by atoms with E-state index < -0.39 is 0 Å². The molecule has 1 heterocycles. The summed E-state index contributed by atoms with van der Waals surface area (Å²) in [6, 6.07) is 9.66. The smallest absolute Gasteiger partial charge is 0.410 e. The summed E-state index contributed by atoms with van der Waals surface area (Å²) in [5, 5.41) is 9.60. The van der Waals surface area contributed by atoms with Crippen LogP contribution in [0.1, 0.15) is 24.8 Å². The van der Waals surface area contributed by atoms with Crippen molar-refractivity contribution >= 4 is 6.09 Å². The monoisotopic (exact) mass is 261 g/mol. The SMILES string of the molecule is O=C(OCc1ccccc1)N1CC2CCC1(CO)C2. The number of nitrogens with zero attached hydrogens (tertiary/aromatic N) is 1. The Morgan fingerprint density at radius 3 is 2.89 bits per heavy atom. The van der Waals surface area contributed by atoms with Crippen LogP contribution < -0.4 is 0 Å². The molecular formula is C15H19NO3. The predicted molar refractivity (Wildman–Crippen MR) is 70.5 cm³/mol. The summed E-state index contributed by atoms with van der Waals surface area (Å²) in [5.74, 6) is 0.538. The largest absolute Gasteiger partial charge is 0.445 e. The molecule has 2 atom stereocenters. The maximum atomic E-state index is 12.2. The molecule has 3 rings (SSSR count). The molecule has 2 fully saturated rings. The lowest BCUT2D eigenvalue weighted by atomic mass is 9.99. The van der Waals surface area contributed by atoms with Crippen LogP contribution in [0.25, 0.3) is 0 Å². The highest BCUT2D eigenvalue weighted by Gasteiger charge is 2.52.